The lowest BCUT2D eigenvalue weighted by molar-refractivity contribution is -0.126. The van der Waals surface area contributed by atoms with Crippen LogP contribution in [0, 0.1) is 5.92 Å². The number of amides is 2. The highest BCUT2D eigenvalue weighted by molar-refractivity contribution is 6.00. The summed E-state index contributed by atoms with van der Waals surface area (Å²) in [5.41, 5.74) is 3.20. The van der Waals surface area contributed by atoms with E-state index in [1.165, 1.54) is 6.42 Å². The highest BCUT2D eigenvalue weighted by Gasteiger charge is 2.20. The summed E-state index contributed by atoms with van der Waals surface area (Å²) in [5.74, 6) is 0.0235. The molecule has 0 spiro atoms. The minimum Gasteiger partial charge on any atom is -0.356 e. The Morgan fingerprint density at radius 3 is 2.50 bits per heavy atom. The molecular weight excluding hydrogens is 230 g/mol. The molecule has 5 nitrogen and oxygen atoms in total. The molecule has 0 aromatic heterocycles. The Balaban J connectivity index is 2.32. The van der Waals surface area contributed by atoms with E-state index in [1.54, 1.807) is 6.92 Å². The van der Waals surface area contributed by atoms with E-state index in [0.717, 1.165) is 25.7 Å². The van der Waals surface area contributed by atoms with E-state index >= 15 is 0 Å². The summed E-state index contributed by atoms with van der Waals surface area (Å²) in [6.45, 7) is 4.23. The van der Waals surface area contributed by atoms with E-state index in [1.807, 2.05) is 6.92 Å². The molecule has 0 radical (unpaired) electrons. The van der Waals surface area contributed by atoms with Crippen molar-refractivity contribution in [1.29, 1.82) is 0 Å². The van der Waals surface area contributed by atoms with Crippen LogP contribution in [0.25, 0.3) is 0 Å². The monoisotopic (exact) mass is 253 g/mol. The number of hydrazone groups is 1. The first-order valence-electron chi connectivity index (χ1n) is 6.73. The van der Waals surface area contributed by atoms with Crippen molar-refractivity contribution in [3.63, 3.8) is 0 Å². The quantitative estimate of drug-likeness (QED) is 0.577. The molecule has 1 saturated carbocycles. The van der Waals surface area contributed by atoms with Gasteiger partial charge >= 0.3 is 0 Å². The van der Waals surface area contributed by atoms with Gasteiger partial charge in [0.25, 0.3) is 0 Å². The number of hydrogen-bond donors (Lipinski definition) is 2. The van der Waals surface area contributed by atoms with Crippen molar-refractivity contribution < 1.29 is 9.59 Å². The molecule has 0 aromatic rings. The van der Waals surface area contributed by atoms with Gasteiger partial charge < -0.3 is 5.32 Å². The van der Waals surface area contributed by atoms with Crippen LogP contribution < -0.4 is 10.7 Å². The lowest BCUT2D eigenvalue weighted by Crippen LogP contribution is -2.30. The molecule has 0 heterocycles. The van der Waals surface area contributed by atoms with E-state index in [0.29, 0.717) is 12.3 Å². The SMILES string of the molecule is CCNC(=O)CC(C)=NNC(=O)C1CCCCC1. The first-order chi connectivity index (χ1) is 8.63. The third kappa shape index (κ3) is 5.29. The highest BCUT2D eigenvalue weighted by Crippen LogP contribution is 2.23. The van der Waals surface area contributed by atoms with Gasteiger partial charge in [-0.15, -0.1) is 0 Å². The van der Waals surface area contributed by atoms with Gasteiger partial charge in [0.2, 0.25) is 11.8 Å². The summed E-state index contributed by atoms with van der Waals surface area (Å²) in [6.07, 6.45) is 5.62. The molecule has 0 unspecified atom stereocenters. The zero-order valence-corrected chi connectivity index (χ0v) is 11.3. The smallest absolute Gasteiger partial charge is 0.243 e. The molecule has 1 aliphatic carbocycles. The Labute approximate surface area is 108 Å². The molecule has 0 aliphatic heterocycles. The summed E-state index contributed by atoms with van der Waals surface area (Å²) in [6, 6.07) is 0. The van der Waals surface area contributed by atoms with E-state index in [-0.39, 0.29) is 24.2 Å². The second-order valence-corrected chi connectivity index (χ2v) is 4.79. The van der Waals surface area contributed by atoms with Crippen LogP contribution in [0.4, 0.5) is 0 Å². The molecule has 1 rings (SSSR count). The fourth-order valence-corrected chi connectivity index (χ4v) is 2.14. The van der Waals surface area contributed by atoms with Crippen LogP contribution in [0.2, 0.25) is 0 Å². The van der Waals surface area contributed by atoms with Gasteiger partial charge in [0, 0.05) is 18.2 Å². The van der Waals surface area contributed by atoms with Crippen molar-refractivity contribution in [3.8, 4) is 0 Å². The zero-order valence-electron chi connectivity index (χ0n) is 11.3. The molecule has 0 saturated heterocycles. The third-order valence-corrected chi connectivity index (χ3v) is 3.12. The molecule has 1 fully saturated rings. The first kappa shape index (κ1) is 14.7. The van der Waals surface area contributed by atoms with Crippen LogP contribution >= 0.6 is 0 Å². The van der Waals surface area contributed by atoms with E-state index in [9.17, 15) is 9.59 Å². The minimum atomic E-state index is -0.0642. The Hall–Kier alpha value is -1.39. The maximum absolute atomic E-state index is 11.8. The molecule has 5 heteroatoms. The van der Waals surface area contributed by atoms with Gasteiger partial charge in [-0.1, -0.05) is 19.3 Å². The lowest BCUT2D eigenvalue weighted by Gasteiger charge is -2.19. The Morgan fingerprint density at radius 2 is 1.89 bits per heavy atom. The standard InChI is InChI=1S/C13H23N3O2/c1-3-14-12(17)9-10(2)15-16-13(18)11-7-5-4-6-8-11/h11H,3-9H2,1-2H3,(H,14,17)(H,16,18). The maximum Gasteiger partial charge on any atom is 0.243 e. The highest BCUT2D eigenvalue weighted by atomic mass is 16.2. The predicted molar refractivity (Wildman–Crippen MR) is 71.1 cm³/mol. The average molecular weight is 253 g/mol. The fourth-order valence-electron chi connectivity index (χ4n) is 2.14. The molecule has 18 heavy (non-hydrogen) atoms. The third-order valence-electron chi connectivity index (χ3n) is 3.12. The number of carbonyl (C=O) groups is 2. The molecule has 102 valence electrons. The first-order valence-corrected chi connectivity index (χ1v) is 6.73. The van der Waals surface area contributed by atoms with Crippen molar-refractivity contribution in [3.05, 3.63) is 0 Å². The minimum absolute atomic E-state index is 0.00931. The summed E-state index contributed by atoms with van der Waals surface area (Å²) in [7, 11) is 0. The average Bonchev–Trinajstić information content (AvgIpc) is 2.37. The van der Waals surface area contributed by atoms with Crippen LogP contribution in [0.5, 0.6) is 0 Å². The number of rotatable bonds is 5. The summed E-state index contributed by atoms with van der Waals surface area (Å²) < 4.78 is 0. The van der Waals surface area contributed by atoms with Gasteiger partial charge in [-0.05, 0) is 26.7 Å². The number of nitrogens with one attached hydrogen (secondary N) is 2. The molecule has 0 bridgehead atoms. The number of hydrogen-bond acceptors (Lipinski definition) is 3. The molecule has 0 aromatic carbocycles. The summed E-state index contributed by atoms with van der Waals surface area (Å²) >= 11 is 0. The van der Waals surface area contributed by atoms with Gasteiger partial charge in [0.05, 0.1) is 6.42 Å². The molecule has 2 N–H and O–H groups in total. The van der Waals surface area contributed by atoms with E-state index in [2.05, 4.69) is 15.8 Å². The fraction of sp³-hybridized carbons (Fsp3) is 0.769. The number of nitrogens with zero attached hydrogens (tertiary/aromatic N) is 1. The predicted octanol–water partition coefficient (Wildman–Crippen LogP) is 1.58. The largest absolute Gasteiger partial charge is 0.356 e. The van der Waals surface area contributed by atoms with Crippen LogP contribution in [-0.4, -0.2) is 24.1 Å². The normalized spacial score (nSPS) is 17.3. The van der Waals surface area contributed by atoms with Crippen molar-refractivity contribution in [1.82, 2.24) is 10.7 Å². The van der Waals surface area contributed by atoms with Crippen molar-refractivity contribution in [2.24, 2.45) is 11.0 Å². The van der Waals surface area contributed by atoms with Crippen LogP contribution in [0.3, 0.4) is 0 Å². The van der Waals surface area contributed by atoms with E-state index in [4.69, 9.17) is 0 Å². The zero-order chi connectivity index (χ0) is 13.4. The van der Waals surface area contributed by atoms with Gasteiger partial charge in [-0.25, -0.2) is 5.43 Å². The molecular formula is C13H23N3O2. The maximum atomic E-state index is 11.8. The molecule has 0 atom stereocenters. The Kier molecular flexibility index (Phi) is 6.39. The van der Waals surface area contributed by atoms with Crippen molar-refractivity contribution >= 4 is 17.5 Å². The van der Waals surface area contributed by atoms with Crippen molar-refractivity contribution in [2.45, 2.75) is 52.4 Å². The second kappa shape index (κ2) is 7.84. The van der Waals surface area contributed by atoms with Gasteiger partial charge in [0.15, 0.2) is 0 Å². The molecule has 2 amide bonds. The topological polar surface area (TPSA) is 70.6 Å². The van der Waals surface area contributed by atoms with Gasteiger partial charge in [0.1, 0.15) is 0 Å². The number of carbonyl (C=O) groups excluding carboxylic acids is 2. The van der Waals surface area contributed by atoms with Crippen molar-refractivity contribution in [2.75, 3.05) is 6.54 Å². The van der Waals surface area contributed by atoms with E-state index < -0.39 is 0 Å². The Bertz CT molecular complexity index is 320. The van der Waals surface area contributed by atoms with Crippen LogP contribution in [-0.2, 0) is 9.59 Å². The van der Waals surface area contributed by atoms with Crippen LogP contribution in [0.1, 0.15) is 52.4 Å². The van der Waals surface area contributed by atoms with Crippen LogP contribution in [0.15, 0.2) is 5.10 Å². The summed E-state index contributed by atoms with van der Waals surface area (Å²) in [5, 5.41) is 6.67. The molecule has 1 aliphatic rings. The second-order valence-electron chi connectivity index (χ2n) is 4.79. The van der Waals surface area contributed by atoms with Gasteiger partial charge in [-0.2, -0.15) is 5.10 Å². The van der Waals surface area contributed by atoms with Gasteiger partial charge in [-0.3, -0.25) is 9.59 Å². The summed E-state index contributed by atoms with van der Waals surface area (Å²) in [4.78, 5) is 23.1. The lowest BCUT2D eigenvalue weighted by atomic mass is 9.89. The Morgan fingerprint density at radius 1 is 1.22 bits per heavy atom.